The summed E-state index contributed by atoms with van der Waals surface area (Å²) < 4.78 is 16.4. The molecular formula is C29H33N3O6S. The summed E-state index contributed by atoms with van der Waals surface area (Å²) >= 11 is 1.32. The molecule has 39 heavy (non-hydrogen) atoms. The summed E-state index contributed by atoms with van der Waals surface area (Å²) in [5.74, 6) is -0.126. The van der Waals surface area contributed by atoms with Crippen molar-refractivity contribution in [3.8, 4) is 11.5 Å². The van der Waals surface area contributed by atoms with E-state index in [0.29, 0.717) is 28.5 Å². The highest BCUT2D eigenvalue weighted by Gasteiger charge is 2.22. The van der Waals surface area contributed by atoms with Gasteiger partial charge in [-0.2, -0.15) is 5.10 Å². The number of anilines is 1. The first-order valence-electron chi connectivity index (χ1n) is 12.6. The molecule has 0 saturated heterocycles. The number of hydrogen-bond donors (Lipinski definition) is 2. The van der Waals surface area contributed by atoms with E-state index in [4.69, 9.17) is 14.2 Å². The van der Waals surface area contributed by atoms with E-state index in [1.807, 2.05) is 45.0 Å². The van der Waals surface area contributed by atoms with Crippen molar-refractivity contribution in [2.75, 3.05) is 18.5 Å². The van der Waals surface area contributed by atoms with Gasteiger partial charge in [-0.05, 0) is 81.6 Å². The molecule has 2 N–H and O–H groups in total. The monoisotopic (exact) mass is 551 g/mol. The van der Waals surface area contributed by atoms with Gasteiger partial charge >= 0.3 is 5.97 Å². The van der Waals surface area contributed by atoms with Crippen LogP contribution in [0.3, 0.4) is 0 Å². The summed E-state index contributed by atoms with van der Waals surface area (Å²) in [5.41, 5.74) is 4.77. The Kier molecular flexibility index (Phi) is 10.6. The highest BCUT2D eigenvalue weighted by atomic mass is 32.1. The molecule has 0 saturated carbocycles. The van der Waals surface area contributed by atoms with Crippen LogP contribution in [0.2, 0.25) is 0 Å². The fourth-order valence-corrected chi connectivity index (χ4v) is 4.49. The van der Waals surface area contributed by atoms with Crippen LogP contribution in [-0.2, 0) is 9.53 Å². The Balaban J connectivity index is 1.56. The number of hydrazone groups is 1. The molecule has 3 aromatic rings. The zero-order valence-corrected chi connectivity index (χ0v) is 23.5. The molecule has 2 amide bonds. The number of hydrogen-bond acceptors (Lipinski definition) is 8. The molecule has 0 aliphatic heterocycles. The first-order chi connectivity index (χ1) is 18.7. The van der Waals surface area contributed by atoms with Crippen LogP contribution in [0.15, 0.2) is 53.6 Å². The van der Waals surface area contributed by atoms with Crippen molar-refractivity contribution in [3.05, 3.63) is 75.7 Å². The largest absolute Gasteiger partial charge is 0.494 e. The molecule has 1 aromatic heterocycles. The lowest BCUT2D eigenvalue weighted by molar-refractivity contribution is -0.127. The number of carbonyl (C=O) groups is 3. The van der Waals surface area contributed by atoms with Crippen LogP contribution in [0.25, 0.3) is 0 Å². The van der Waals surface area contributed by atoms with Crippen LogP contribution < -0.4 is 20.2 Å². The molecule has 0 radical (unpaired) electrons. The third-order valence-corrected chi connectivity index (χ3v) is 6.73. The average molecular weight is 552 g/mol. The fourth-order valence-electron chi connectivity index (χ4n) is 3.45. The number of carbonyl (C=O) groups excluding carboxylic acids is 3. The van der Waals surface area contributed by atoms with Crippen LogP contribution in [0.1, 0.15) is 63.9 Å². The van der Waals surface area contributed by atoms with E-state index in [2.05, 4.69) is 15.8 Å². The maximum atomic E-state index is 12.8. The zero-order chi connectivity index (χ0) is 28.4. The molecule has 0 bridgehead atoms. The second kappa shape index (κ2) is 14.1. The minimum atomic E-state index is -0.828. The van der Waals surface area contributed by atoms with E-state index in [0.717, 1.165) is 28.2 Å². The highest BCUT2D eigenvalue weighted by molar-refractivity contribution is 7.16. The Labute approximate surface area is 232 Å². The Bertz CT molecular complexity index is 1330. The van der Waals surface area contributed by atoms with Gasteiger partial charge < -0.3 is 19.5 Å². The third kappa shape index (κ3) is 8.15. The summed E-state index contributed by atoms with van der Waals surface area (Å²) in [6, 6.07) is 13.8. The molecule has 0 fully saturated rings. The SMILES string of the molecule is CCCOc1cccc(/C=N/NC(=O)C(C)Oc2ccc(C(=O)Nc3sc(C)c(C)c3C(=O)OCC)cc2)c1. The normalized spacial score (nSPS) is 11.6. The standard InChI is InChI=1S/C29H33N3O6S/c1-6-15-37-24-10-8-9-21(16-24)17-30-32-26(33)19(4)38-23-13-11-22(12-14-23)27(34)31-28-25(29(35)36-7-2)18(3)20(5)39-28/h8-14,16-17,19H,6-7,15H2,1-5H3,(H,31,34)(H,32,33)/b30-17+. The lowest BCUT2D eigenvalue weighted by Crippen LogP contribution is -2.33. The third-order valence-electron chi connectivity index (χ3n) is 5.61. The number of aryl methyl sites for hydroxylation is 1. The van der Waals surface area contributed by atoms with Gasteiger partial charge in [0.1, 0.15) is 16.5 Å². The summed E-state index contributed by atoms with van der Waals surface area (Å²) in [5, 5.41) is 7.25. The molecular weight excluding hydrogens is 518 g/mol. The second-order valence-electron chi connectivity index (χ2n) is 8.60. The van der Waals surface area contributed by atoms with Gasteiger partial charge in [-0.25, -0.2) is 10.2 Å². The number of rotatable bonds is 12. The quantitative estimate of drug-likeness (QED) is 0.174. The van der Waals surface area contributed by atoms with Crippen LogP contribution in [0.4, 0.5) is 5.00 Å². The van der Waals surface area contributed by atoms with Gasteiger partial charge in [0, 0.05) is 10.4 Å². The number of nitrogens with zero attached hydrogens (tertiary/aromatic N) is 1. The zero-order valence-electron chi connectivity index (χ0n) is 22.7. The number of amides is 2. The molecule has 3 rings (SSSR count). The van der Waals surface area contributed by atoms with E-state index in [-0.39, 0.29) is 12.5 Å². The van der Waals surface area contributed by atoms with Gasteiger partial charge in [-0.15, -0.1) is 11.3 Å². The van der Waals surface area contributed by atoms with E-state index < -0.39 is 18.0 Å². The summed E-state index contributed by atoms with van der Waals surface area (Å²) in [7, 11) is 0. The van der Waals surface area contributed by atoms with Gasteiger partial charge in [-0.1, -0.05) is 19.1 Å². The Hall–Kier alpha value is -4.18. The van der Waals surface area contributed by atoms with Crippen LogP contribution in [-0.4, -0.2) is 43.3 Å². The minimum Gasteiger partial charge on any atom is -0.494 e. The van der Waals surface area contributed by atoms with Gasteiger partial charge in [0.15, 0.2) is 6.10 Å². The van der Waals surface area contributed by atoms with E-state index in [1.165, 1.54) is 17.6 Å². The Morgan fingerprint density at radius 1 is 1.05 bits per heavy atom. The van der Waals surface area contributed by atoms with E-state index in [9.17, 15) is 14.4 Å². The van der Waals surface area contributed by atoms with Gasteiger partial charge in [-0.3, -0.25) is 9.59 Å². The van der Waals surface area contributed by atoms with Crippen molar-refractivity contribution >= 4 is 40.3 Å². The number of ether oxygens (including phenoxy) is 3. The second-order valence-corrected chi connectivity index (χ2v) is 9.83. The maximum absolute atomic E-state index is 12.8. The molecule has 10 heteroatoms. The van der Waals surface area contributed by atoms with E-state index in [1.54, 1.807) is 38.1 Å². The first-order valence-corrected chi connectivity index (χ1v) is 13.5. The lowest BCUT2D eigenvalue weighted by atomic mass is 10.1. The topological polar surface area (TPSA) is 115 Å². The number of benzene rings is 2. The predicted octanol–water partition coefficient (Wildman–Crippen LogP) is 5.50. The first kappa shape index (κ1) is 29.4. The average Bonchev–Trinajstić information content (AvgIpc) is 3.20. The predicted molar refractivity (Wildman–Crippen MR) is 152 cm³/mol. The molecule has 2 aromatic carbocycles. The van der Waals surface area contributed by atoms with Crippen molar-refractivity contribution in [3.63, 3.8) is 0 Å². The summed E-state index contributed by atoms with van der Waals surface area (Å²) in [6.07, 6.45) is 1.61. The van der Waals surface area contributed by atoms with Crippen molar-refractivity contribution in [1.29, 1.82) is 0 Å². The molecule has 0 spiro atoms. The Morgan fingerprint density at radius 2 is 1.79 bits per heavy atom. The minimum absolute atomic E-state index is 0.243. The molecule has 0 aliphatic carbocycles. The molecule has 206 valence electrons. The molecule has 0 aliphatic rings. The summed E-state index contributed by atoms with van der Waals surface area (Å²) in [4.78, 5) is 38.5. The summed E-state index contributed by atoms with van der Waals surface area (Å²) in [6.45, 7) is 9.94. The van der Waals surface area contributed by atoms with Crippen molar-refractivity contribution < 1.29 is 28.6 Å². The van der Waals surface area contributed by atoms with Crippen LogP contribution >= 0.6 is 11.3 Å². The van der Waals surface area contributed by atoms with Crippen molar-refractivity contribution in [2.24, 2.45) is 5.10 Å². The Morgan fingerprint density at radius 3 is 2.49 bits per heavy atom. The van der Waals surface area contributed by atoms with Gasteiger partial charge in [0.2, 0.25) is 0 Å². The number of nitrogens with one attached hydrogen (secondary N) is 2. The van der Waals surface area contributed by atoms with Gasteiger partial charge in [0.25, 0.3) is 11.8 Å². The molecule has 1 unspecified atom stereocenters. The highest BCUT2D eigenvalue weighted by Crippen LogP contribution is 2.33. The molecule has 1 atom stereocenters. The van der Waals surface area contributed by atoms with Crippen molar-refractivity contribution in [2.45, 2.75) is 47.1 Å². The fraction of sp³-hybridized carbons (Fsp3) is 0.310. The lowest BCUT2D eigenvalue weighted by Gasteiger charge is -2.13. The van der Waals surface area contributed by atoms with E-state index >= 15 is 0 Å². The smallest absolute Gasteiger partial charge is 0.341 e. The molecule has 1 heterocycles. The maximum Gasteiger partial charge on any atom is 0.341 e. The van der Waals surface area contributed by atoms with Gasteiger partial charge in [0.05, 0.1) is 25.0 Å². The number of thiophene rings is 1. The van der Waals surface area contributed by atoms with Crippen LogP contribution in [0.5, 0.6) is 11.5 Å². The molecule has 9 nitrogen and oxygen atoms in total. The van der Waals surface area contributed by atoms with Crippen LogP contribution in [0, 0.1) is 13.8 Å². The van der Waals surface area contributed by atoms with Crippen molar-refractivity contribution in [1.82, 2.24) is 5.43 Å². The number of esters is 1.